The lowest BCUT2D eigenvalue weighted by Crippen LogP contribution is -2.03. The van der Waals surface area contributed by atoms with E-state index < -0.39 is 11.3 Å². The van der Waals surface area contributed by atoms with Crippen molar-refractivity contribution in [2.45, 2.75) is 11.9 Å². The van der Waals surface area contributed by atoms with Gasteiger partial charge in [0.05, 0.1) is 6.54 Å². The van der Waals surface area contributed by atoms with Crippen LogP contribution in [0.3, 0.4) is 0 Å². The number of alkyl halides is 3. The smallest absolute Gasteiger partial charge is 0.367 e. The van der Waals surface area contributed by atoms with Crippen LogP contribution in [0.5, 0.6) is 0 Å². The molecule has 0 amide bonds. The van der Waals surface area contributed by atoms with E-state index in [1.807, 2.05) is 0 Å². The van der Waals surface area contributed by atoms with Gasteiger partial charge in [0.15, 0.2) is 0 Å². The summed E-state index contributed by atoms with van der Waals surface area (Å²) >= 11 is 4.82. The Labute approximate surface area is 127 Å². The van der Waals surface area contributed by atoms with Crippen LogP contribution in [0.4, 0.5) is 14.7 Å². The second-order valence-electron chi connectivity index (χ2n) is 4.42. The molecule has 0 saturated heterocycles. The molecule has 0 aliphatic carbocycles. The van der Waals surface area contributed by atoms with Crippen molar-refractivity contribution in [3.63, 3.8) is 0 Å². The van der Waals surface area contributed by atoms with Gasteiger partial charge in [-0.3, -0.25) is 0 Å². The van der Waals surface area contributed by atoms with Gasteiger partial charge in [0.2, 0.25) is 11.8 Å². The van der Waals surface area contributed by atoms with E-state index in [0.717, 1.165) is 5.56 Å². The molecule has 0 spiro atoms. The molecule has 1 aromatic carbocycles. The lowest BCUT2D eigenvalue weighted by Gasteiger charge is -2.02. The number of aromatic nitrogens is 5. The third kappa shape index (κ3) is 3.03. The van der Waals surface area contributed by atoms with Gasteiger partial charge in [-0.1, -0.05) is 29.4 Å². The van der Waals surface area contributed by atoms with E-state index >= 15 is 0 Å². The maximum Gasteiger partial charge on any atom is 0.400 e. The fourth-order valence-corrected chi connectivity index (χ4v) is 1.86. The van der Waals surface area contributed by atoms with Crippen LogP contribution in [0.25, 0.3) is 11.4 Å². The van der Waals surface area contributed by atoms with E-state index in [4.69, 9.17) is 17.3 Å². The summed E-state index contributed by atoms with van der Waals surface area (Å²) in [5.74, 6) is -0.712. The van der Waals surface area contributed by atoms with Crippen LogP contribution in [-0.2, 0) is 11.9 Å². The van der Waals surface area contributed by atoms with Gasteiger partial charge in [-0.15, -0.1) is 5.10 Å². The van der Waals surface area contributed by atoms with Gasteiger partial charge in [-0.25, -0.2) is 9.67 Å². The molecule has 0 radical (unpaired) electrons. The van der Waals surface area contributed by atoms with Crippen molar-refractivity contribution in [1.82, 2.24) is 24.9 Å². The highest BCUT2D eigenvalue weighted by atomic mass is 35.5. The third-order valence-electron chi connectivity index (χ3n) is 2.78. The lowest BCUT2D eigenvalue weighted by molar-refractivity contribution is 0.0551. The van der Waals surface area contributed by atoms with Crippen molar-refractivity contribution in [3.8, 4) is 11.4 Å². The molecule has 3 aromatic rings. The van der Waals surface area contributed by atoms with Gasteiger partial charge in [0, 0.05) is 5.56 Å². The standard InChI is InChI=1S/C12H9ClF2N6O/c13-12(14,15)10-18-9(20-22-10)8-3-1-7(2-4-8)5-21-6-17-11(16)19-21/h1-4,6H,5H2,(H2,16,19). The second-order valence-corrected chi connectivity index (χ2v) is 4.89. The normalized spacial score (nSPS) is 11.8. The zero-order valence-electron chi connectivity index (χ0n) is 10.9. The summed E-state index contributed by atoms with van der Waals surface area (Å²) in [5.41, 5.74) is 6.87. The fourth-order valence-electron chi connectivity index (χ4n) is 1.79. The highest BCUT2D eigenvalue weighted by Gasteiger charge is 2.35. The van der Waals surface area contributed by atoms with Crippen molar-refractivity contribution in [3.05, 3.63) is 42.0 Å². The van der Waals surface area contributed by atoms with Crippen LogP contribution in [0.2, 0.25) is 0 Å². The van der Waals surface area contributed by atoms with Crippen molar-refractivity contribution in [2.75, 3.05) is 5.73 Å². The number of nitrogens with two attached hydrogens (primary N) is 1. The summed E-state index contributed by atoms with van der Waals surface area (Å²) in [4.78, 5) is 7.38. The predicted octanol–water partition coefficient (Wildman–Crippen LogP) is 2.25. The first-order valence-electron chi connectivity index (χ1n) is 6.07. The molecular weight excluding hydrogens is 318 g/mol. The van der Waals surface area contributed by atoms with Crippen molar-refractivity contribution >= 4 is 17.5 Å². The molecule has 0 atom stereocenters. The molecular formula is C12H9ClF2N6O. The van der Waals surface area contributed by atoms with E-state index in [1.54, 1.807) is 28.9 Å². The molecule has 0 fully saturated rings. The van der Waals surface area contributed by atoms with Gasteiger partial charge < -0.3 is 10.3 Å². The Morgan fingerprint density at radius 2 is 2.00 bits per heavy atom. The van der Waals surface area contributed by atoms with Crippen molar-refractivity contribution in [2.24, 2.45) is 0 Å². The molecule has 2 heterocycles. The maximum atomic E-state index is 12.8. The van der Waals surface area contributed by atoms with Crippen LogP contribution in [0.15, 0.2) is 35.1 Å². The number of anilines is 1. The predicted molar refractivity (Wildman–Crippen MR) is 73.0 cm³/mol. The van der Waals surface area contributed by atoms with Crippen LogP contribution in [-0.4, -0.2) is 24.9 Å². The Morgan fingerprint density at radius 3 is 2.55 bits per heavy atom. The minimum absolute atomic E-state index is 0.0341. The summed E-state index contributed by atoms with van der Waals surface area (Å²) in [6, 6.07) is 6.91. The quantitative estimate of drug-likeness (QED) is 0.739. The number of benzene rings is 1. The molecule has 0 bridgehead atoms. The van der Waals surface area contributed by atoms with Gasteiger partial charge in [0.1, 0.15) is 6.33 Å². The molecule has 114 valence electrons. The minimum atomic E-state index is -3.68. The van der Waals surface area contributed by atoms with E-state index in [9.17, 15) is 8.78 Å². The van der Waals surface area contributed by atoms with E-state index in [0.29, 0.717) is 12.1 Å². The summed E-state index contributed by atoms with van der Waals surface area (Å²) in [6.07, 6.45) is 1.51. The molecule has 10 heteroatoms. The molecule has 22 heavy (non-hydrogen) atoms. The van der Waals surface area contributed by atoms with Crippen LogP contribution < -0.4 is 5.73 Å². The average Bonchev–Trinajstić information content (AvgIpc) is 3.08. The third-order valence-corrected chi connectivity index (χ3v) is 2.94. The number of nitrogen functional groups attached to an aromatic ring is 1. The van der Waals surface area contributed by atoms with Crippen LogP contribution in [0.1, 0.15) is 11.5 Å². The van der Waals surface area contributed by atoms with Gasteiger partial charge >= 0.3 is 11.3 Å². The summed E-state index contributed by atoms with van der Waals surface area (Å²) in [5, 5.41) is 3.76. The maximum absolute atomic E-state index is 12.8. The number of rotatable bonds is 4. The first-order chi connectivity index (χ1) is 10.4. The first kappa shape index (κ1) is 14.4. The fraction of sp³-hybridized carbons (Fsp3) is 0.167. The highest BCUT2D eigenvalue weighted by molar-refractivity contribution is 6.21. The molecule has 2 aromatic heterocycles. The Bertz CT molecular complexity index is 780. The van der Waals surface area contributed by atoms with Gasteiger partial charge in [-0.2, -0.15) is 13.8 Å². The van der Waals surface area contributed by atoms with Gasteiger partial charge in [-0.05, 0) is 17.2 Å². The Morgan fingerprint density at radius 1 is 1.27 bits per heavy atom. The molecule has 7 nitrogen and oxygen atoms in total. The van der Waals surface area contributed by atoms with Crippen LogP contribution >= 0.6 is 11.6 Å². The summed E-state index contributed by atoms with van der Waals surface area (Å²) in [7, 11) is 0. The average molecular weight is 327 g/mol. The molecule has 0 unspecified atom stereocenters. The minimum Gasteiger partial charge on any atom is -0.367 e. The summed E-state index contributed by atoms with van der Waals surface area (Å²) < 4.78 is 31.7. The SMILES string of the molecule is Nc1ncn(Cc2ccc(-c3noc(C(F)(F)Cl)n3)cc2)n1. The molecule has 3 rings (SSSR count). The monoisotopic (exact) mass is 326 g/mol. The molecule has 0 saturated carbocycles. The second kappa shape index (κ2) is 5.34. The van der Waals surface area contributed by atoms with Gasteiger partial charge in [0.25, 0.3) is 0 Å². The lowest BCUT2D eigenvalue weighted by atomic mass is 10.1. The van der Waals surface area contributed by atoms with E-state index in [-0.39, 0.29) is 11.8 Å². The molecule has 2 N–H and O–H groups in total. The van der Waals surface area contributed by atoms with E-state index in [1.165, 1.54) is 6.33 Å². The largest absolute Gasteiger partial charge is 0.400 e. The number of nitrogens with zero attached hydrogens (tertiary/aromatic N) is 5. The number of hydrogen-bond acceptors (Lipinski definition) is 6. The molecule has 0 aliphatic rings. The van der Waals surface area contributed by atoms with E-state index in [2.05, 4.69) is 24.7 Å². The Balaban J connectivity index is 1.78. The zero-order chi connectivity index (χ0) is 15.7. The Hall–Kier alpha value is -2.55. The number of hydrogen-bond donors (Lipinski definition) is 1. The zero-order valence-corrected chi connectivity index (χ0v) is 11.7. The van der Waals surface area contributed by atoms with Crippen molar-refractivity contribution in [1.29, 1.82) is 0 Å². The summed E-state index contributed by atoms with van der Waals surface area (Å²) in [6.45, 7) is 0.474. The topological polar surface area (TPSA) is 95.7 Å². The Kier molecular flexibility index (Phi) is 3.49. The van der Waals surface area contributed by atoms with Crippen molar-refractivity contribution < 1.29 is 13.3 Å². The number of halogens is 3. The molecule has 0 aliphatic heterocycles. The highest BCUT2D eigenvalue weighted by Crippen LogP contribution is 2.32. The first-order valence-corrected chi connectivity index (χ1v) is 6.45. The van der Waals surface area contributed by atoms with Crippen LogP contribution in [0, 0.1) is 0 Å².